The lowest BCUT2D eigenvalue weighted by atomic mass is 10.4. The van der Waals surface area contributed by atoms with E-state index < -0.39 is 11.5 Å². The third-order valence-corrected chi connectivity index (χ3v) is 1.56. The molecule has 0 aliphatic carbocycles. The van der Waals surface area contributed by atoms with E-state index in [2.05, 4.69) is 9.97 Å². The Morgan fingerprint density at radius 2 is 2.33 bits per heavy atom. The Kier molecular flexibility index (Phi) is 3.56. The Bertz CT molecular complexity index is 411. The minimum atomic E-state index is -1.23. The van der Waals surface area contributed by atoms with Crippen LogP contribution in [0.1, 0.15) is 30.2 Å². The van der Waals surface area contributed by atoms with E-state index in [4.69, 9.17) is 9.84 Å². The summed E-state index contributed by atoms with van der Waals surface area (Å²) in [5, 5.41) is 8.66. The average Bonchev–Trinajstić information content (AvgIpc) is 2.13. The van der Waals surface area contributed by atoms with Gasteiger partial charge >= 0.3 is 5.97 Å². The minimum absolute atomic E-state index is 0.0104. The molecule has 0 aliphatic rings. The minimum Gasteiger partial charge on any atom is -0.477 e. The van der Waals surface area contributed by atoms with Crippen molar-refractivity contribution in [2.24, 2.45) is 0 Å². The molecule has 0 radical (unpaired) electrons. The van der Waals surface area contributed by atoms with Crippen molar-refractivity contribution >= 4 is 5.97 Å². The number of nitrogens with one attached hydrogen (secondary N) is 1. The summed E-state index contributed by atoms with van der Waals surface area (Å²) in [5.74, 6) is -1.01. The van der Waals surface area contributed by atoms with Gasteiger partial charge in [-0.25, -0.2) is 9.78 Å². The first kappa shape index (κ1) is 11.4. The van der Waals surface area contributed by atoms with Crippen molar-refractivity contribution in [2.75, 3.05) is 0 Å². The van der Waals surface area contributed by atoms with Crippen LogP contribution in [0.5, 0.6) is 0 Å². The summed E-state index contributed by atoms with van der Waals surface area (Å²) in [6.07, 6.45) is -0.0104. The van der Waals surface area contributed by atoms with Gasteiger partial charge < -0.3 is 14.8 Å². The summed E-state index contributed by atoms with van der Waals surface area (Å²) in [4.78, 5) is 27.8. The van der Waals surface area contributed by atoms with Crippen LogP contribution in [0.15, 0.2) is 10.9 Å². The fraction of sp³-hybridized carbons (Fsp3) is 0.444. The van der Waals surface area contributed by atoms with Gasteiger partial charge in [0, 0.05) is 6.07 Å². The Morgan fingerprint density at radius 1 is 1.67 bits per heavy atom. The first-order valence-electron chi connectivity index (χ1n) is 4.44. The summed E-state index contributed by atoms with van der Waals surface area (Å²) >= 11 is 0. The fourth-order valence-electron chi connectivity index (χ4n) is 0.932. The average molecular weight is 212 g/mol. The number of carboxylic acids is 1. The van der Waals surface area contributed by atoms with Crippen molar-refractivity contribution in [1.82, 2.24) is 9.97 Å². The van der Waals surface area contributed by atoms with Gasteiger partial charge in [0.2, 0.25) is 0 Å². The predicted molar refractivity (Wildman–Crippen MR) is 51.7 cm³/mol. The number of aromatic nitrogens is 2. The molecule has 1 heterocycles. The van der Waals surface area contributed by atoms with Gasteiger partial charge in [0.1, 0.15) is 12.4 Å². The van der Waals surface area contributed by atoms with Gasteiger partial charge in [-0.05, 0) is 13.8 Å². The molecular formula is C9H12N2O4. The van der Waals surface area contributed by atoms with Crippen molar-refractivity contribution in [1.29, 1.82) is 0 Å². The van der Waals surface area contributed by atoms with E-state index in [-0.39, 0.29) is 24.2 Å². The fourth-order valence-corrected chi connectivity index (χ4v) is 0.932. The van der Waals surface area contributed by atoms with E-state index in [0.717, 1.165) is 6.07 Å². The Hall–Kier alpha value is -1.69. The van der Waals surface area contributed by atoms with Crippen LogP contribution in [-0.2, 0) is 11.3 Å². The molecule has 0 fully saturated rings. The third kappa shape index (κ3) is 3.51. The largest absolute Gasteiger partial charge is 0.477 e. The van der Waals surface area contributed by atoms with Gasteiger partial charge in [-0.3, -0.25) is 4.79 Å². The smallest absolute Gasteiger partial charge is 0.354 e. The molecule has 6 heteroatoms. The maximum absolute atomic E-state index is 11.0. The topological polar surface area (TPSA) is 92.3 Å². The summed E-state index contributed by atoms with van der Waals surface area (Å²) < 4.78 is 5.19. The number of hydrogen-bond donors (Lipinski definition) is 2. The lowest BCUT2D eigenvalue weighted by molar-refractivity contribution is 0.0602. The van der Waals surface area contributed by atoms with Crippen LogP contribution in [-0.4, -0.2) is 27.1 Å². The van der Waals surface area contributed by atoms with Gasteiger partial charge in [0.15, 0.2) is 5.69 Å². The number of H-pyrrole nitrogens is 1. The van der Waals surface area contributed by atoms with E-state index in [1.165, 1.54) is 0 Å². The molecule has 82 valence electrons. The molecule has 0 saturated heterocycles. The van der Waals surface area contributed by atoms with Crippen molar-refractivity contribution < 1.29 is 14.6 Å². The summed E-state index contributed by atoms with van der Waals surface area (Å²) in [7, 11) is 0. The van der Waals surface area contributed by atoms with Crippen LogP contribution in [0, 0.1) is 0 Å². The van der Waals surface area contributed by atoms with E-state index >= 15 is 0 Å². The van der Waals surface area contributed by atoms with Crippen LogP contribution >= 0.6 is 0 Å². The SMILES string of the molecule is CC(C)OCc1nc(C(=O)O)cc(=O)[nH]1. The van der Waals surface area contributed by atoms with E-state index in [0.29, 0.717) is 0 Å². The van der Waals surface area contributed by atoms with Crippen LogP contribution in [0.4, 0.5) is 0 Å². The van der Waals surface area contributed by atoms with Crippen molar-refractivity contribution in [3.63, 3.8) is 0 Å². The number of ether oxygens (including phenoxy) is 1. The molecule has 0 aliphatic heterocycles. The second-order valence-corrected chi connectivity index (χ2v) is 3.24. The van der Waals surface area contributed by atoms with Gasteiger partial charge in [-0.15, -0.1) is 0 Å². The van der Waals surface area contributed by atoms with E-state index in [9.17, 15) is 9.59 Å². The first-order valence-corrected chi connectivity index (χ1v) is 4.44. The molecule has 1 rings (SSSR count). The Morgan fingerprint density at radius 3 is 2.87 bits per heavy atom. The second-order valence-electron chi connectivity index (χ2n) is 3.24. The molecule has 0 aromatic carbocycles. The first-order chi connectivity index (χ1) is 6.99. The van der Waals surface area contributed by atoms with Crippen molar-refractivity contribution in [3.05, 3.63) is 27.9 Å². The maximum atomic E-state index is 11.0. The molecule has 1 aromatic rings. The van der Waals surface area contributed by atoms with Crippen molar-refractivity contribution in [2.45, 2.75) is 26.6 Å². The van der Waals surface area contributed by atoms with Crippen LogP contribution < -0.4 is 5.56 Å². The standard InChI is InChI=1S/C9H12N2O4/c1-5(2)15-4-7-10-6(9(13)14)3-8(12)11-7/h3,5H,4H2,1-2H3,(H,13,14)(H,10,11,12). The van der Waals surface area contributed by atoms with Crippen LogP contribution in [0.2, 0.25) is 0 Å². The summed E-state index contributed by atoms with van der Waals surface area (Å²) in [6.45, 7) is 3.76. The van der Waals surface area contributed by atoms with E-state index in [1.54, 1.807) is 0 Å². The summed E-state index contributed by atoms with van der Waals surface area (Å²) in [5.41, 5.74) is -0.772. The Labute approximate surface area is 85.9 Å². The molecule has 0 saturated carbocycles. The molecule has 0 bridgehead atoms. The van der Waals surface area contributed by atoms with Gasteiger partial charge in [-0.2, -0.15) is 0 Å². The van der Waals surface area contributed by atoms with Crippen LogP contribution in [0.3, 0.4) is 0 Å². The molecule has 1 aromatic heterocycles. The Balaban J connectivity index is 2.89. The van der Waals surface area contributed by atoms with Crippen molar-refractivity contribution in [3.8, 4) is 0 Å². The molecular weight excluding hydrogens is 200 g/mol. The zero-order valence-corrected chi connectivity index (χ0v) is 8.48. The zero-order valence-electron chi connectivity index (χ0n) is 8.48. The number of carbonyl (C=O) groups is 1. The maximum Gasteiger partial charge on any atom is 0.354 e. The number of hydrogen-bond acceptors (Lipinski definition) is 4. The van der Waals surface area contributed by atoms with Gasteiger partial charge in [0.25, 0.3) is 5.56 Å². The number of rotatable bonds is 4. The quantitative estimate of drug-likeness (QED) is 0.753. The number of aromatic carboxylic acids is 1. The highest BCUT2D eigenvalue weighted by Crippen LogP contribution is 1.97. The number of nitrogens with zero attached hydrogens (tertiary/aromatic N) is 1. The highest BCUT2D eigenvalue weighted by atomic mass is 16.5. The number of carboxylic acid groups (broad SMARTS) is 1. The molecule has 0 spiro atoms. The van der Waals surface area contributed by atoms with Crippen LogP contribution in [0.25, 0.3) is 0 Å². The number of aromatic amines is 1. The molecule has 6 nitrogen and oxygen atoms in total. The predicted octanol–water partition coefficient (Wildman–Crippen LogP) is 0.393. The lowest BCUT2D eigenvalue weighted by Crippen LogP contribution is -2.17. The summed E-state index contributed by atoms with van der Waals surface area (Å²) in [6, 6.07) is 0.932. The highest BCUT2D eigenvalue weighted by molar-refractivity contribution is 5.85. The van der Waals surface area contributed by atoms with Gasteiger partial charge in [0.05, 0.1) is 6.10 Å². The van der Waals surface area contributed by atoms with Gasteiger partial charge in [-0.1, -0.05) is 0 Å². The third-order valence-electron chi connectivity index (χ3n) is 1.56. The molecule has 2 N–H and O–H groups in total. The normalized spacial score (nSPS) is 10.6. The highest BCUT2D eigenvalue weighted by Gasteiger charge is 2.08. The molecule has 15 heavy (non-hydrogen) atoms. The lowest BCUT2D eigenvalue weighted by Gasteiger charge is -2.06. The van der Waals surface area contributed by atoms with E-state index in [1.807, 2.05) is 13.8 Å². The zero-order chi connectivity index (χ0) is 11.4. The molecule has 0 unspecified atom stereocenters. The molecule has 0 amide bonds. The second kappa shape index (κ2) is 4.70. The molecule has 0 atom stereocenters. The monoisotopic (exact) mass is 212 g/mol.